The van der Waals surface area contributed by atoms with Crippen molar-refractivity contribution < 1.29 is 4.79 Å². The van der Waals surface area contributed by atoms with E-state index >= 15 is 0 Å². The number of likely N-dealkylation sites (tertiary alicyclic amines) is 1. The molecule has 1 fully saturated rings. The van der Waals surface area contributed by atoms with Crippen molar-refractivity contribution in [3.63, 3.8) is 0 Å². The van der Waals surface area contributed by atoms with Gasteiger partial charge in [-0.25, -0.2) is 0 Å². The summed E-state index contributed by atoms with van der Waals surface area (Å²) in [7, 11) is 0. The van der Waals surface area contributed by atoms with Crippen molar-refractivity contribution in [1.29, 1.82) is 0 Å². The molecule has 0 N–H and O–H groups in total. The average molecular weight is 187 g/mol. The quantitative estimate of drug-likeness (QED) is 0.669. The van der Waals surface area contributed by atoms with Crippen LogP contribution >= 0.6 is 11.8 Å². The molecule has 1 heterocycles. The highest BCUT2D eigenvalue weighted by molar-refractivity contribution is 7.98. The Labute approximate surface area is 78.7 Å². The zero-order valence-electron chi connectivity index (χ0n) is 7.88. The molecule has 1 aliphatic heterocycles. The van der Waals surface area contributed by atoms with Gasteiger partial charge in [0.1, 0.15) is 0 Å². The summed E-state index contributed by atoms with van der Waals surface area (Å²) in [4.78, 5) is 13.5. The zero-order valence-corrected chi connectivity index (χ0v) is 8.69. The van der Waals surface area contributed by atoms with Gasteiger partial charge in [0.25, 0.3) is 0 Å². The highest BCUT2D eigenvalue weighted by Crippen LogP contribution is 2.16. The Morgan fingerprint density at radius 3 is 2.92 bits per heavy atom. The van der Waals surface area contributed by atoms with Gasteiger partial charge in [0, 0.05) is 25.3 Å². The van der Waals surface area contributed by atoms with Gasteiger partial charge >= 0.3 is 0 Å². The molecule has 1 amide bonds. The molecule has 12 heavy (non-hydrogen) atoms. The molecule has 2 nitrogen and oxygen atoms in total. The van der Waals surface area contributed by atoms with E-state index in [1.54, 1.807) is 11.8 Å². The molecule has 0 aliphatic carbocycles. The fraction of sp³-hybridized carbons (Fsp3) is 0.889. The van der Waals surface area contributed by atoms with Gasteiger partial charge in [-0.15, -0.1) is 0 Å². The Morgan fingerprint density at radius 1 is 1.67 bits per heavy atom. The molecule has 0 aromatic carbocycles. The lowest BCUT2D eigenvalue weighted by Gasteiger charge is -2.14. The lowest BCUT2D eigenvalue weighted by molar-refractivity contribution is -0.129. The first-order valence-corrected chi connectivity index (χ1v) is 5.90. The monoisotopic (exact) mass is 187 g/mol. The second-order valence-electron chi connectivity index (χ2n) is 3.48. The van der Waals surface area contributed by atoms with E-state index in [2.05, 4.69) is 6.92 Å². The molecular weight excluding hydrogens is 170 g/mol. The summed E-state index contributed by atoms with van der Waals surface area (Å²) in [5.41, 5.74) is 0. The number of hydrogen-bond acceptors (Lipinski definition) is 2. The van der Waals surface area contributed by atoms with Crippen molar-refractivity contribution in [2.24, 2.45) is 5.92 Å². The third kappa shape index (κ3) is 2.70. The number of carbonyl (C=O) groups is 1. The summed E-state index contributed by atoms with van der Waals surface area (Å²) in [5, 5.41) is 0. The van der Waals surface area contributed by atoms with Crippen LogP contribution in [0.5, 0.6) is 0 Å². The first-order valence-electron chi connectivity index (χ1n) is 4.50. The molecule has 3 heteroatoms. The standard InChI is InChI=1S/C9H17NOS/c1-8-3-5-10(7-8)9(11)4-6-12-2/h8H,3-7H2,1-2H3. The number of amides is 1. The Kier molecular flexibility index (Phi) is 3.92. The Morgan fingerprint density at radius 2 is 2.42 bits per heavy atom. The summed E-state index contributed by atoms with van der Waals surface area (Å²) in [6.07, 6.45) is 3.94. The predicted octanol–water partition coefficient (Wildman–Crippen LogP) is 1.61. The summed E-state index contributed by atoms with van der Waals surface area (Å²) < 4.78 is 0. The molecule has 1 atom stereocenters. The van der Waals surface area contributed by atoms with Gasteiger partial charge in [-0.05, 0) is 18.6 Å². The van der Waals surface area contributed by atoms with E-state index in [-0.39, 0.29) is 0 Å². The SMILES string of the molecule is CSCCC(=O)N1CCC(C)C1. The van der Waals surface area contributed by atoms with E-state index in [9.17, 15) is 4.79 Å². The predicted molar refractivity (Wildman–Crippen MR) is 53.4 cm³/mol. The van der Waals surface area contributed by atoms with Gasteiger partial charge in [0.05, 0.1) is 0 Å². The molecule has 0 radical (unpaired) electrons. The lowest BCUT2D eigenvalue weighted by Crippen LogP contribution is -2.28. The normalized spacial score (nSPS) is 23.2. The zero-order chi connectivity index (χ0) is 8.97. The fourth-order valence-electron chi connectivity index (χ4n) is 1.51. The number of thioether (sulfide) groups is 1. The van der Waals surface area contributed by atoms with Crippen molar-refractivity contribution in [3.8, 4) is 0 Å². The van der Waals surface area contributed by atoms with E-state index in [0.717, 1.165) is 18.8 Å². The van der Waals surface area contributed by atoms with E-state index in [1.807, 2.05) is 11.2 Å². The van der Waals surface area contributed by atoms with Crippen LogP contribution in [-0.2, 0) is 4.79 Å². The molecule has 1 unspecified atom stereocenters. The van der Waals surface area contributed by atoms with Crippen LogP contribution < -0.4 is 0 Å². The van der Waals surface area contributed by atoms with Crippen LogP contribution in [0, 0.1) is 5.92 Å². The Balaban J connectivity index is 2.23. The van der Waals surface area contributed by atoms with E-state index in [4.69, 9.17) is 0 Å². The van der Waals surface area contributed by atoms with Crippen molar-refractivity contribution in [2.45, 2.75) is 19.8 Å². The largest absolute Gasteiger partial charge is 0.342 e. The summed E-state index contributed by atoms with van der Waals surface area (Å²) in [5.74, 6) is 2.01. The Hall–Kier alpha value is -0.180. The van der Waals surface area contributed by atoms with Crippen molar-refractivity contribution >= 4 is 17.7 Å². The highest BCUT2D eigenvalue weighted by atomic mass is 32.2. The topological polar surface area (TPSA) is 20.3 Å². The van der Waals surface area contributed by atoms with Crippen molar-refractivity contribution in [3.05, 3.63) is 0 Å². The minimum atomic E-state index is 0.341. The third-order valence-electron chi connectivity index (χ3n) is 2.30. The van der Waals surface area contributed by atoms with E-state index in [0.29, 0.717) is 18.2 Å². The molecular formula is C9H17NOS. The van der Waals surface area contributed by atoms with Gasteiger partial charge in [-0.3, -0.25) is 4.79 Å². The van der Waals surface area contributed by atoms with Crippen LogP contribution in [0.15, 0.2) is 0 Å². The van der Waals surface area contributed by atoms with Gasteiger partial charge in [0.15, 0.2) is 0 Å². The molecule has 0 saturated carbocycles. The maximum atomic E-state index is 11.5. The van der Waals surface area contributed by atoms with Gasteiger partial charge in [-0.2, -0.15) is 11.8 Å². The van der Waals surface area contributed by atoms with Crippen LogP contribution in [-0.4, -0.2) is 35.9 Å². The average Bonchev–Trinajstić information content (AvgIpc) is 2.47. The molecule has 0 aromatic heterocycles. The van der Waals surface area contributed by atoms with Gasteiger partial charge in [0.2, 0.25) is 5.91 Å². The van der Waals surface area contributed by atoms with Gasteiger partial charge in [-0.1, -0.05) is 6.92 Å². The van der Waals surface area contributed by atoms with E-state index in [1.165, 1.54) is 6.42 Å². The molecule has 1 saturated heterocycles. The number of rotatable bonds is 3. The fourth-order valence-corrected chi connectivity index (χ4v) is 1.89. The summed E-state index contributed by atoms with van der Waals surface area (Å²) >= 11 is 1.74. The molecule has 0 spiro atoms. The maximum Gasteiger partial charge on any atom is 0.223 e. The highest BCUT2D eigenvalue weighted by Gasteiger charge is 2.22. The van der Waals surface area contributed by atoms with Crippen molar-refractivity contribution in [1.82, 2.24) is 4.90 Å². The second-order valence-corrected chi connectivity index (χ2v) is 4.46. The molecule has 1 aliphatic rings. The van der Waals surface area contributed by atoms with E-state index < -0.39 is 0 Å². The number of hydrogen-bond donors (Lipinski definition) is 0. The smallest absolute Gasteiger partial charge is 0.223 e. The van der Waals surface area contributed by atoms with Crippen molar-refractivity contribution in [2.75, 3.05) is 25.1 Å². The van der Waals surface area contributed by atoms with Gasteiger partial charge < -0.3 is 4.90 Å². The van der Waals surface area contributed by atoms with Crippen LogP contribution in [0.2, 0.25) is 0 Å². The minimum Gasteiger partial charge on any atom is -0.342 e. The summed E-state index contributed by atoms with van der Waals surface area (Å²) in [6.45, 7) is 4.17. The molecule has 70 valence electrons. The second kappa shape index (κ2) is 4.75. The van der Waals surface area contributed by atoms with Crippen LogP contribution in [0.25, 0.3) is 0 Å². The summed E-state index contributed by atoms with van der Waals surface area (Å²) in [6, 6.07) is 0. The minimum absolute atomic E-state index is 0.341. The first-order chi connectivity index (χ1) is 5.74. The first kappa shape index (κ1) is 9.90. The van der Waals surface area contributed by atoms with Crippen LogP contribution in [0.4, 0.5) is 0 Å². The Bertz CT molecular complexity index is 161. The third-order valence-corrected chi connectivity index (χ3v) is 2.91. The number of carbonyl (C=O) groups excluding carboxylic acids is 1. The molecule has 0 aromatic rings. The van der Waals surface area contributed by atoms with Crippen LogP contribution in [0.3, 0.4) is 0 Å². The van der Waals surface area contributed by atoms with Crippen LogP contribution in [0.1, 0.15) is 19.8 Å². The number of nitrogens with zero attached hydrogens (tertiary/aromatic N) is 1. The molecule has 0 bridgehead atoms. The molecule has 1 rings (SSSR count). The lowest BCUT2D eigenvalue weighted by atomic mass is 10.2. The maximum absolute atomic E-state index is 11.5.